The Morgan fingerprint density at radius 1 is 1.33 bits per heavy atom. The molecule has 1 fully saturated rings. The summed E-state index contributed by atoms with van der Waals surface area (Å²) in [6.45, 7) is 9.99. The third-order valence-electron chi connectivity index (χ3n) is 2.92. The highest BCUT2D eigenvalue weighted by atomic mass is 16.5. The largest absolute Gasteiger partial charge is 0.374 e. The summed E-state index contributed by atoms with van der Waals surface area (Å²) in [5.41, 5.74) is 1.13. The molecule has 0 aliphatic heterocycles. The third-order valence-corrected chi connectivity index (χ3v) is 2.92. The molecule has 2 heteroatoms. The van der Waals surface area contributed by atoms with E-state index in [4.69, 9.17) is 4.74 Å². The minimum absolute atomic E-state index is 0.473. The van der Waals surface area contributed by atoms with E-state index in [0.29, 0.717) is 6.10 Å². The lowest BCUT2D eigenvalue weighted by Gasteiger charge is -2.29. The summed E-state index contributed by atoms with van der Waals surface area (Å²) in [5.74, 6) is 0. The fraction of sp³-hybridized carbons (Fsp3) is 0.846. The quantitative estimate of drug-likeness (QED) is 0.682. The molecule has 15 heavy (non-hydrogen) atoms. The van der Waals surface area contributed by atoms with Crippen molar-refractivity contribution in [3.8, 4) is 0 Å². The SMILES string of the molecule is C=C(C)COC1CCC(NCCC)CC1. The van der Waals surface area contributed by atoms with Crippen LogP contribution in [0.5, 0.6) is 0 Å². The molecule has 0 saturated heterocycles. The van der Waals surface area contributed by atoms with Crippen LogP contribution in [0.25, 0.3) is 0 Å². The van der Waals surface area contributed by atoms with Crippen molar-refractivity contribution in [1.82, 2.24) is 5.32 Å². The molecule has 0 bridgehead atoms. The Bertz CT molecular complexity index is 183. The molecular weight excluding hydrogens is 186 g/mol. The molecule has 1 aliphatic carbocycles. The van der Waals surface area contributed by atoms with Crippen LogP contribution in [-0.4, -0.2) is 25.3 Å². The lowest BCUT2D eigenvalue weighted by Crippen LogP contribution is -2.35. The zero-order valence-corrected chi connectivity index (χ0v) is 10.2. The van der Waals surface area contributed by atoms with Crippen LogP contribution in [0.1, 0.15) is 46.0 Å². The van der Waals surface area contributed by atoms with Crippen molar-refractivity contribution < 1.29 is 4.74 Å². The highest BCUT2D eigenvalue weighted by molar-refractivity contribution is 4.88. The summed E-state index contributed by atoms with van der Waals surface area (Å²) in [7, 11) is 0. The lowest BCUT2D eigenvalue weighted by molar-refractivity contribution is 0.0362. The Labute approximate surface area is 94.1 Å². The molecule has 0 unspecified atom stereocenters. The average Bonchev–Trinajstić information content (AvgIpc) is 2.25. The number of hydrogen-bond acceptors (Lipinski definition) is 2. The lowest BCUT2D eigenvalue weighted by atomic mass is 9.93. The van der Waals surface area contributed by atoms with Crippen LogP contribution in [0.15, 0.2) is 12.2 Å². The van der Waals surface area contributed by atoms with Crippen LogP contribution < -0.4 is 5.32 Å². The van der Waals surface area contributed by atoms with Gasteiger partial charge < -0.3 is 10.1 Å². The molecule has 2 nitrogen and oxygen atoms in total. The van der Waals surface area contributed by atoms with E-state index in [-0.39, 0.29) is 0 Å². The van der Waals surface area contributed by atoms with Crippen LogP contribution in [0.3, 0.4) is 0 Å². The van der Waals surface area contributed by atoms with Gasteiger partial charge in [-0.15, -0.1) is 0 Å². The normalized spacial score (nSPS) is 26.5. The van der Waals surface area contributed by atoms with Crippen molar-refractivity contribution >= 4 is 0 Å². The van der Waals surface area contributed by atoms with Gasteiger partial charge in [0.1, 0.15) is 0 Å². The topological polar surface area (TPSA) is 21.3 Å². The summed E-state index contributed by atoms with van der Waals surface area (Å²) in [4.78, 5) is 0. The fourth-order valence-corrected chi connectivity index (χ4v) is 2.04. The first-order chi connectivity index (χ1) is 7.22. The molecule has 1 saturated carbocycles. The van der Waals surface area contributed by atoms with E-state index in [0.717, 1.165) is 24.8 Å². The molecule has 0 heterocycles. The standard InChI is InChI=1S/C13H25NO/c1-4-9-14-12-5-7-13(8-6-12)15-10-11(2)3/h12-14H,2,4-10H2,1,3H3. The van der Waals surface area contributed by atoms with Crippen molar-refractivity contribution in [2.24, 2.45) is 0 Å². The van der Waals surface area contributed by atoms with E-state index >= 15 is 0 Å². The molecule has 0 radical (unpaired) electrons. The molecule has 0 aromatic heterocycles. The van der Waals surface area contributed by atoms with E-state index in [1.54, 1.807) is 0 Å². The molecule has 0 atom stereocenters. The van der Waals surface area contributed by atoms with Crippen LogP contribution >= 0.6 is 0 Å². The number of rotatable bonds is 6. The Balaban J connectivity index is 2.09. The summed E-state index contributed by atoms with van der Waals surface area (Å²) in [6.07, 6.45) is 6.64. The third kappa shape index (κ3) is 5.33. The van der Waals surface area contributed by atoms with Gasteiger partial charge in [-0.25, -0.2) is 0 Å². The highest BCUT2D eigenvalue weighted by Gasteiger charge is 2.20. The van der Waals surface area contributed by atoms with Gasteiger partial charge >= 0.3 is 0 Å². The van der Waals surface area contributed by atoms with Crippen LogP contribution in [0.2, 0.25) is 0 Å². The minimum Gasteiger partial charge on any atom is -0.374 e. The zero-order valence-electron chi connectivity index (χ0n) is 10.2. The second-order valence-electron chi connectivity index (χ2n) is 4.70. The average molecular weight is 211 g/mol. The Hall–Kier alpha value is -0.340. The van der Waals surface area contributed by atoms with Gasteiger partial charge in [-0.3, -0.25) is 0 Å². The molecule has 1 aliphatic rings. The highest BCUT2D eigenvalue weighted by Crippen LogP contribution is 2.21. The maximum atomic E-state index is 5.77. The molecule has 0 spiro atoms. The zero-order chi connectivity index (χ0) is 11.1. The summed E-state index contributed by atoms with van der Waals surface area (Å²) in [5, 5.41) is 3.58. The second kappa shape index (κ2) is 7.02. The van der Waals surface area contributed by atoms with Crippen molar-refractivity contribution in [2.75, 3.05) is 13.2 Å². The van der Waals surface area contributed by atoms with Gasteiger partial charge in [0.2, 0.25) is 0 Å². The predicted octanol–water partition coefficient (Wildman–Crippen LogP) is 2.89. The first-order valence-electron chi connectivity index (χ1n) is 6.21. The molecule has 0 aromatic carbocycles. The van der Waals surface area contributed by atoms with Crippen LogP contribution in [0.4, 0.5) is 0 Å². The molecule has 0 aromatic rings. The van der Waals surface area contributed by atoms with E-state index in [9.17, 15) is 0 Å². The van der Waals surface area contributed by atoms with Gasteiger partial charge in [0.05, 0.1) is 12.7 Å². The number of hydrogen-bond donors (Lipinski definition) is 1. The van der Waals surface area contributed by atoms with E-state index in [2.05, 4.69) is 18.8 Å². The van der Waals surface area contributed by atoms with Crippen molar-refractivity contribution in [1.29, 1.82) is 0 Å². The monoisotopic (exact) mass is 211 g/mol. The van der Waals surface area contributed by atoms with Crippen LogP contribution in [-0.2, 0) is 4.74 Å². The Kier molecular flexibility index (Phi) is 5.96. The van der Waals surface area contributed by atoms with Gasteiger partial charge in [0.25, 0.3) is 0 Å². The fourth-order valence-electron chi connectivity index (χ4n) is 2.04. The Morgan fingerprint density at radius 2 is 2.00 bits per heavy atom. The van der Waals surface area contributed by atoms with Crippen molar-refractivity contribution in [3.63, 3.8) is 0 Å². The van der Waals surface area contributed by atoms with Crippen molar-refractivity contribution in [3.05, 3.63) is 12.2 Å². The van der Waals surface area contributed by atoms with Crippen molar-refractivity contribution in [2.45, 2.75) is 58.1 Å². The molecular formula is C13H25NO. The van der Waals surface area contributed by atoms with E-state index in [1.807, 2.05) is 6.92 Å². The first-order valence-corrected chi connectivity index (χ1v) is 6.21. The molecule has 88 valence electrons. The summed E-state index contributed by atoms with van der Waals surface area (Å²) >= 11 is 0. The second-order valence-corrected chi connectivity index (χ2v) is 4.70. The summed E-state index contributed by atoms with van der Waals surface area (Å²) < 4.78 is 5.77. The van der Waals surface area contributed by atoms with Gasteiger partial charge in [-0.2, -0.15) is 0 Å². The minimum atomic E-state index is 0.473. The van der Waals surface area contributed by atoms with Crippen LogP contribution in [0, 0.1) is 0 Å². The van der Waals surface area contributed by atoms with Gasteiger partial charge in [-0.1, -0.05) is 19.1 Å². The van der Waals surface area contributed by atoms with Gasteiger partial charge in [-0.05, 0) is 45.6 Å². The Morgan fingerprint density at radius 3 is 2.53 bits per heavy atom. The van der Waals surface area contributed by atoms with E-state index < -0.39 is 0 Å². The van der Waals surface area contributed by atoms with Gasteiger partial charge in [0.15, 0.2) is 0 Å². The molecule has 1 rings (SSSR count). The first kappa shape index (κ1) is 12.7. The molecule has 0 amide bonds. The maximum absolute atomic E-state index is 5.77. The van der Waals surface area contributed by atoms with Gasteiger partial charge in [0, 0.05) is 6.04 Å². The summed E-state index contributed by atoms with van der Waals surface area (Å²) in [6, 6.07) is 0.731. The molecule has 1 N–H and O–H groups in total. The predicted molar refractivity (Wildman–Crippen MR) is 65.1 cm³/mol. The van der Waals surface area contributed by atoms with E-state index in [1.165, 1.54) is 32.1 Å². The maximum Gasteiger partial charge on any atom is 0.0675 e. The number of ether oxygens (including phenoxy) is 1. The number of nitrogens with one attached hydrogen (secondary N) is 1. The smallest absolute Gasteiger partial charge is 0.0675 e.